The summed E-state index contributed by atoms with van der Waals surface area (Å²) in [6.07, 6.45) is 3.21. The Kier molecular flexibility index (Phi) is 7.03. The highest BCUT2D eigenvalue weighted by Gasteiger charge is 2.34. The highest BCUT2D eigenvalue weighted by atomic mass is 19.1. The summed E-state index contributed by atoms with van der Waals surface area (Å²) in [6.45, 7) is 1.81. The Hall–Kier alpha value is -4.53. The second-order valence-electron chi connectivity index (χ2n) is 11.0. The molecule has 1 saturated heterocycles. The molecule has 3 amide bonds. The van der Waals surface area contributed by atoms with Gasteiger partial charge in [-0.25, -0.2) is 9.37 Å². The smallest absolute Gasteiger partial charge is 0.250 e. The van der Waals surface area contributed by atoms with Gasteiger partial charge in [0.05, 0.1) is 5.56 Å². The topological polar surface area (TPSA) is 110 Å². The van der Waals surface area contributed by atoms with Crippen molar-refractivity contribution in [1.29, 1.82) is 0 Å². The molecule has 1 aliphatic carbocycles. The van der Waals surface area contributed by atoms with Crippen LogP contribution in [0.1, 0.15) is 46.4 Å². The van der Waals surface area contributed by atoms with Crippen LogP contribution in [0.3, 0.4) is 0 Å². The second kappa shape index (κ2) is 10.8. The van der Waals surface area contributed by atoms with Gasteiger partial charge in [0, 0.05) is 29.3 Å². The number of nitrogens with zero attached hydrogens (tertiary/aromatic N) is 3. The van der Waals surface area contributed by atoms with Crippen LogP contribution >= 0.6 is 0 Å². The Morgan fingerprint density at radius 3 is 2.51 bits per heavy atom. The number of primary amides is 1. The Morgan fingerprint density at radius 2 is 1.78 bits per heavy atom. The Balaban J connectivity index is 1.28. The summed E-state index contributed by atoms with van der Waals surface area (Å²) < 4.78 is 16.1. The number of benzene rings is 2. The zero-order valence-electron chi connectivity index (χ0n) is 22.9. The van der Waals surface area contributed by atoms with E-state index in [4.69, 9.17) is 5.73 Å². The third kappa shape index (κ3) is 5.31. The maximum absolute atomic E-state index is 14.4. The summed E-state index contributed by atoms with van der Waals surface area (Å²) in [5, 5.41) is 3.45. The van der Waals surface area contributed by atoms with Gasteiger partial charge in [-0.2, -0.15) is 0 Å². The largest absolute Gasteiger partial charge is 0.366 e. The number of alkyl halides is 1. The number of aromatic nitrogens is 2. The number of hydrogen-bond donors (Lipinski definition) is 2. The van der Waals surface area contributed by atoms with Crippen molar-refractivity contribution in [2.45, 2.75) is 57.8 Å². The molecule has 3 heterocycles. The minimum Gasteiger partial charge on any atom is -0.366 e. The van der Waals surface area contributed by atoms with Gasteiger partial charge in [-0.05, 0) is 85.5 Å². The number of pyridine rings is 1. The van der Waals surface area contributed by atoms with Gasteiger partial charge < -0.3 is 20.5 Å². The highest BCUT2D eigenvalue weighted by molar-refractivity contribution is 6.07. The number of likely N-dealkylation sites (tertiary alicyclic amines) is 1. The third-order valence-corrected chi connectivity index (χ3v) is 8.23. The maximum atomic E-state index is 14.4. The summed E-state index contributed by atoms with van der Waals surface area (Å²) in [5.74, 6) is -0.942. The first kappa shape index (κ1) is 26.7. The number of nitrogens with two attached hydrogens (primary N) is 1. The molecule has 0 bridgehead atoms. The highest BCUT2D eigenvalue weighted by Crippen LogP contribution is 2.32. The average molecular weight is 554 g/mol. The summed E-state index contributed by atoms with van der Waals surface area (Å²) >= 11 is 0. The Bertz CT molecular complexity index is 1680. The number of hydrogen-bond acceptors (Lipinski definition) is 4. The van der Waals surface area contributed by atoms with E-state index in [2.05, 4.69) is 28.5 Å². The zero-order chi connectivity index (χ0) is 28.7. The molecular weight excluding hydrogens is 521 g/mol. The van der Waals surface area contributed by atoms with Crippen LogP contribution < -0.4 is 11.1 Å². The molecule has 2 aromatic heterocycles. The van der Waals surface area contributed by atoms with Crippen molar-refractivity contribution in [2.24, 2.45) is 5.73 Å². The molecule has 2 aromatic carbocycles. The summed E-state index contributed by atoms with van der Waals surface area (Å²) in [4.78, 5) is 45.2. The molecule has 1 unspecified atom stereocenters. The molecule has 0 spiro atoms. The molecule has 1 aliphatic heterocycles. The Morgan fingerprint density at radius 1 is 1.00 bits per heavy atom. The number of amides is 3. The number of halogens is 1. The first-order valence-electron chi connectivity index (χ1n) is 14.0. The van der Waals surface area contributed by atoms with E-state index in [1.807, 2.05) is 31.2 Å². The summed E-state index contributed by atoms with van der Waals surface area (Å²) in [5.41, 5.74) is 12.2. The normalized spacial score (nSPS) is 18.3. The van der Waals surface area contributed by atoms with Gasteiger partial charge >= 0.3 is 0 Å². The fraction of sp³-hybridized carbons (Fsp3) is 0.312. The van der Waals surface area contributed by atoms with Crippen LogP contribution in [-0.2, 0) is 29.0 Å². The number of carbonyl (C=O) groups excluding carboxylic acids is 3. The van der Waals surface area contributed by atoms with Gasteiger partial charge in [0.1, 0.15) is 24.6 Å². The van der Waals surface area contributed by atoms with Crippen LogP contribution in [0, 0.1) is 6.92 Å². The zero-order valence-corrected chi connectivity index (χ0v) is 22.9. The van der Waals surface area contributed by atoms with Gasteiger partial charge in [-0.15, -0.1) is 0 Å². The predicted octanol–water partition coefficient (Wildman–Crippen LogP) is 4.57. The molecule has 1 fully saturated rings. The van der Waals surface area contributed by atoms with E-state index >= 15 is 0 Å². The molecule has 3 N–H and O–H groups in total. The molecule has 9 heteroatoms. The lowest BCUT2D eigenvalue weighted by molar-refractivity contribution is -0.139. The summed E-state index contributed by atoms with van der Waals surface area (Å²) in [6, 6.07) is 16.6. The van der Waals surface area contributed by atoms with E-state index in [0.29, 0.717) is 22.3 Å². The molecule has 210 valence electrons. The lowest BCUT2D eigenvalue weighted by Crippen LogP contribution is -2.48. The standard InChI is InChI=1S/C32H32FN5O3/c1-19-3-2-4-29(35-19)36-32(41)28-12-10-24(33)13-14-38(28)30(39)18-37-17-26(31(34)40)25-16-23(9-11-27(25)37)22-8-6-20-5-7-21(20)15-22/h2-4,6,8-9,11,15-17,24,28H,5,7,10,12-14,18H2,1H3,(H2,34,40)(H,35,36,41)/t24?,28-/m0/s1. The Labute approximate surface area is 237 Å². The van der Waals surface area contributed by atoms with E-state index in [-0.39, 0.29) is 38.3 Å². The first-order valence-corrected chi connectivity index (χ1v) is 14.0. The van der Waals surface area contributed by atoms with Crippen molar-refractivity contribution in [1.82, 2.24) is 14.5 Å². The van der Waals surface area contributed by atoms with Crippen molar-refractivity contribution in [3.05, 3.63) is 83.2 Å². The molecule has 2 atom stereocenters. The predicted molar refractivity (Wildman–Crippen MR) is 155 cm³/mol. The van der Waals surface area contributed by atoms with Crippen LogP contribution in [0.25, 0.3) is 22.0 Å². The van der Waals surface area contributed by atoms with Gasteiger partial charge in [-0.3, -0.25) is 14.4 Å². The van der Waals surface area contributed by atoms with E-state index in [1.54, 1.807) is 22.9 Å². The maximum Gasteiger partial charge on any atom is 0.250 e. The second-order valence-corrected chi connectivity index (χ2v) is 11.0. The minimum absolute atomic E-state index is 0.115. The quantitative estimate of drug-likeness (QED) is 0.365. The molecule has 8 nitrogen and oxygen atoms in total. The van der Waals surface area contributed by atoms with Crippen molar-refractivity contribution in [3.8, 4) is 11.1 Å². The molecule has 41 heavy (non-hydrogen) atoms. The van der Waals surface area contributed by atoms with Crippen molar-refractivity contribution in [3.63, 3.8) is 0 Å². The van der Waals surface area contributed by atoms with Crippen molar-refractivity contribution in [2.75, 3.05) is 11.9 Å². The lowest BCUT2D eigenvalue weighted by Gasteiger charge is -2.29. The van der Waals surface area contributed by atoms with Gasteiger partial charge in [0.2, 0.25) is 11.8 Å². The SMILES string of the molecule is Cc1cccc(NC(=O)[C@@H]2CCC(F)CCN2C(=O)Cn2cc(C(N)=O)c3cc(-c4ccc5c(c4)CC5)ccc32)n1. The number of rotatable bonds is 6. The third-order valence-electron chi connectivity index (χ3n) is 8.23. The van der Waals surface area contributed by atoms with Crippen LogP contribution in [0.15, 0.2) is 60.8 Å². The molecule has 0 radical (unpaired) electrons. The number of fused-ring (bicyclic) bond motifs is 2. The van der Waals surface area contributed by atoms with Crippen molar-refractivity contribution < 1.29 is 18.8 Å². The van der Waals surface area contributed by atoms with Crippen molar-refractivity contribution >= 4 is 34.4 Å². The fourth-order valence-electron chi connectivity index (χ4n) is 5.88. The fourth-order valence-corrected chi connectivity index (χ4v) is 5.88. The molecule has 6 rings (SSSR count). The van der Waals surface area contributed by atoms with Gasteiger partial charge in [-0.1, -0.05) is 30.3 Å². The molecule has 0 saturated carbocycles. The molecule has 4 aromatic rings. The average Bonchev–Trinajstić information content (AvgIpc) is 3.16. The van der Waals surface area contributed by atoms with Crippen LogP contribution in [0.2, 0.25) is 0 Å². The first-order chi connectivity index (χ1) is 19.8. The van der Waals surface area contributed by atoms with Crippen LogP contribution in [0.4, 0.5) is 10.2 Å². The van der Waals surface area contributed by atoms with Crippen LogP contribution in [0.5, 0.6) is 0 Å². The molecule has 2 aliphatic rings. The van der Waals surface area contributed by atoms with Gasteiger partial charge in [0.15, 0.2) is 0 Å². The number of anilines is 1. The molecular formula is C32H32FN5O3. The van der Waals surface area contributed by atoms with E-state index < -0.39 is 24.0 Å². The summed E-state index contributed by atoms with van der Waals surface area (Å²) in [7, 11) is 0. The van der Waals surface area contributed by atoms with Gasteiger partial charge in [0.25, 0.3) is 5.91 Å². The number of aryl methyl sites for hydroxylation is 3. The monoisotopic (exact) mass is 553 g/mol. The number of carbonyl (C=O) groups is 3. The minimum atomic E-state index is -1.09. The van der Waals surface area contributed by atoms with E-state index in [0.717, 1.165) is 29.7 Å². The lowest BCUT2D eigenvalue weighted by atomic mass is 9.86. The number of nitrogens with one attached hydrogen (secondary N) is 1. The van der Waals surface area contributed by atoms with Crippen LogP contribution in [-0.4, -0.2) is 50.9 Å². The van der Waals surface area contributed by atoms with E-state index in [9.17, 15) is 18.8 Å². The van der Waals surface area contributed by atoms with E-state index in [1.165, 1.54) is 16.0 Å².